The summed E-state index contributed by atoms with van der Waals surface area (Å²) in [5.74, 6) is 0. The fraction of sp³-hybridized carbons (Fsp3) is 0.368. The van der Waals surface area contributed by atoms with Crippen LogP contribution in [0.2, 0.25) is 0 Å². The minimum absolute atomic E-state index is 0.352. The predicted molar refractivity (Wildman–Crippen MR) is 86.4 cm³/mol. The topological polar surface area (TPSA) is 46.2 Å². The van der Waals surface area contributed by atoms with Crippen LogP contribution in [0.1, 0.15) is 40.3 Å². The summed E-state index contributed by atoms with van der Waals surface area (Å²) >= 11 is 0. The molecule has 1 aliphatic rings. The van der Waals surface area contributed by atoms with Crippen molar-refractivity contribution in [2.75, 3.05) is 6.54 Å². The SMILES string of the molecule is Cc1ccc(C)c(C(O)C2(CN)CCc3ccccc32)c1. The Labute approximate surface area is 126 Å². The van der Waals surface area contributed by atoms with Gasteiger partial charge in [0.05, 0.1) is 6.10 Å². The van der Waals surface area contributed by atoms with Crippen LogP contribution in [-0.4, -0.2) is 11.7 Å². The molecule has 2 unspecified atom stereocenters. The fourth-order valence-corrected chi connectivity index (χ4v) is 3.68. The minimum Gasteiger partial charge on any atom is -0.387 e. The zero-order valence-corrected chi connectivity index (χ0v) is 12.8. The average Bonchev–Trinajstić information content (AvgIpc) is 2.89. The van der Waals surface area contributed by atoms with Gasteiger partial charge in [0.25, 0.3) is 0 Å². The third kappa shape index (κ3) is 2.19. The highest BCUT2D eigenvalue weighted by Gasteiger charge is 2.44. The number of hydrogen-bond donors (Lipinski definition) is 2. The first-order chi connectivity index (χ1) is 10.1. The summed E-state index contributed by atoms with van der Waals surface area (Å²) in [6.45, 7) is 4.59. The van der Waals surface area contributed by atoms with E-state index in [4.69, 9.17) is 5.73 Å². The lowest BCUT2D eigenvalue weighted by Crippen LogP contribution is -2.39. The zero-order valence-electron chi connectivity index (χ0n) is 12.8. The van der Waals surface area contributed by atoms with E-state index in [0.29, 0.717) is 6.54 Å². The Bertz CT molecular complexity index is 664. The molecule has 2 nitrogen and oxygen atoms in total. The molecule has 0 amide bonds. The smallest absolute Gasteiger partial charge is 0.0901 e. The molecule has 0 heterocycles. The third-order valence-corrected chi connectivity index (χ3v) is 5.01. The molecule has 110 valence electrons. The number of aliphatic hydroxyl groups excluding tert-OH is 1. The first kappa shape index (κ1) is 14.3. The van der Waals surface area contributed by atoms with Crippen LogP contribution in [0.5, 0.6) is 0 Å². The second kappa shape index (κ2) is 5.28. The maximum Gasteiger partial charge on any atom is 0.0901 e. The maximum atomic E-state index is 11.1. The molecule has 2 atom stereocenters. The summed E-state index contributed by atoms with van der Waals surface area (Å²) < 4.78 is 0. The van der Waals surface area contributed by atoms with Gasteiger partial charge in [-0.3, -0.25) is 0 Å². The van der Waals surface area contributed by atoms with Crippen molar-refractivity contribution in [2.45, 2.75) is 38.2 Å². The largest absolute Gasteiger partial charge is 0.387 e. The highest BCUT2D eigenvalue weighted by Crippen LogP contribution is 2.47. The maximum absolute atomic E-state index is 11.1. The van der Waals surface area contributed by atoms with E-state index in [0.717, 1.165) is 24.0 Å². The summed E-state index contributed by atoms with van der Waals surface area (Å²) in [6.07, 6.45) is 1.36. The van der Waals surface area contributed by atoms with Crippen molar-refractivity contribution in [1.82, 2.24) is 0 Å². The minimum atomic E-state index is -0.550. The van der Waals surface area contributed by atoms with Crippen LogP contribution in [0.3, 0.4) is 0 Å². The zero-order chi connectivity index (χ0) is 15.0. The van der Waals surface area contributed by atoms with Gasteiger partial charge in [-0.15, -0.1) is 0 Å². The Hall–Kier alpha value is -1.64. The molecule has 21 heavy (non-hydrogen) atoms. The monoisotopic (exact) mass is 281 g/mol. The Morgan fingerprint density at radius 2 is 1.95 bits per heavy atom. The normalized spacial score (nSPS) is 22.1. The van der Waals surface area contributed by atoms with Crippen LogP contribution < -0.4 is 5.73 Å². The van der Waals surface area contributed by atoms with Gasteiger partial charge in [-0.25, -0.2) is 0 Å². The molecular formula is C19H23NO. The fourth-order valence-electron chi connectivity index (χ4n) is 3.68. The molecule has 0 aromatic heterocycles. The van der Waals surface area contributed by atoms with Crippen LogP contribution in [0, 0.1) is 13.8 Å². The van der Waals surface area contributed by atoms with Crippen molar-refractivity contribution in [3.8, 4) is 0 Å². The molecule has 0 saturated carbocycles. The first-order valence-corrected chi connectivity index (χ1v) is 7.62. The number of benzene rings is 2. The van der Waals surface area contributed by atoms with Gasteiger partial charge in [0.15, 0.2) is 0 Å². The van der Waals surface area contributed by atoms with E-state index in [1.807, 2.05) is 6.07 Å². The summed E-state index contributed by atoms with van der Waals surface area (Å²) in [5, 5.41) is 11.1. The van der Waals surface area contributed by atoms with Crippen molar-refractivity contribution in [3.63, 3.8) is 0 Å². The number of aliphatic hydroxyl groups is 1. The quantitative estimate of drug-likeness (QED) is 0.907. The van der Waals surface area contributed by atoms with Gasteiger partial charge in [0, 0.05) is 12.0 Å². The molecule has 1 aliphatic carbocycles. The van der Waals surface area contributed by atoms with Crippen LogP contribution in [0.25, 0.3) is 0 Å². The van der Waals surface area contributed by atoms with Crippen molar-refractivity contribution in [1.29, 1.82) is 0 Å². The molecule has 3 rings (SSSR count). The van der Waals surface area contributed by atoms with Gasteiger partial charge in [-0.2, -0.15) is 0 Å². The molecule has 0 spiro atoms. The molecule has 0 aliphatic heterocycles. The molecule has 2 heteroatoms. The Balaban J connectivity index is 2.11. The summed E-state index contributed by atoms with van der Waals surface area (Å²) in [5.41, 5.74) is 11.7. The Morgan fingerprint density at radius 1 is 1.19 bits per heavy atom. The number of fused-ring (bicyclic) bond motifs is 1. The molecular weight excluding hydrogens is 258 g/mol. The molecule has 3 N–H and O–H groups in total. The van der Waals surface area contributed by atoms with E-state index in [1.165, 1.54) is 16.7 Å². The van der Waals surface area contributed by atoms with E-state index in [1.54, 1.807) is 0 Å². The number of rotatable bonds is 3. The number of aryl methyl sites for hydroxylation is 3. The van der Waals surface area contributed by atoms with E-state index >= 15 is 0 Å². The van der Waals surface area contributed by atoms with E-state index in [-0.39, 0.29) is 5.41 Å². The van der Waals surface area contributed by atoms with Gasteiger partial charge >= 0.3 is 0 Å². The van der Waals surface area contributed by atoms with Crippen molar-refractivity contribution in [3.05, 3.63) is 70.3 Å². The van der Waals surface area contributed by atoms with Crippen LogP contribution >= 0.6 is 0 Å². The van der Waals surface area contributed by atoms with Crippen molar-refractivity contribution < 1.29 is 5.11 Å². The van der Waals surface area contributed by atoms with Gasteiger partial charge in [-0.1, -0.05) is 48.0 Å². The molecule has 0 bridgehead atoms. The highest BCUT2D eigenvalue weighted by molar-refractivity contribution is 5.44. The summed E-state index contributed by atoms with van der Waals surface area (Å²) in [6, 6.07) is 14.7. The van der Waals surface area contributed by atoms with E-state index in [2.05, 4.69) is 50.2 Å². The molecule has 0 radical (unpaired) electrons. The number of nitrogens with two attached hydrogens (primary N) is 1. The van der Waals surface area contributed by atoms with Crippen molar-refractivity contribution >= 4 is 0 Å². The van der Waals surface area contributed by atoms with Crippen LogP contribution in [0.4, 0.5) is 0 Å². The van der Waals surface area contributed by atoms with Gasteiger partial charge in [0.1, 0.15) is 0 Å². The van der Waals surface area contributed by atoms with E-state index < -0.39 is 6.10 Å². The van der Waals surface area contributed by atoms with Gasteiger partial charge in [0.2, 0.25) is 0 Å². The van der Waals surface area contributed by atoms with Crippen LogP contribution in [0.15, 0.2) is 42.5 Å². The Kier molecular flexibility index (Phi) is 3.60. The van der Waals surface area contributed by atoms with Gasteiger partial charge < -0.3 is 10.8 Å². The van der Waals surface area contributed by atoms with Crippen molar-refractivity contribution in [2.24, 2.45) is 5.73 Å². The molecule has 2 aromatic rings. The van der Waals surface area contributed by atoms with E-state index in [9.17, 15) is 5.11 Å². The molecule has 2 aromatic carbocycles. The predicted octanol–water partition coefficient (Wildman–Crippen LogP) is 3.18. The lowest BCUT2D eigenvalue weighted by Gasteiger charge is -2.35. The Morgan fingerprint density at radius 3 is 2.71 bits per heavy atom. The standard InChI is InChI=1S/C19H23NO/c1-13-7-8-14(2)16(11-13)18(21)19(12-20)10-9-15-5-3-4-6-17(15)19/h3-8,11,18,21H,9-10,12,20H2,1-2H3. The second-order valence-electron chi connectivity index (χ2n) is 6.28. The average molecular weight is 281 g/mol. The summed E-state index contributed by atoms with van der Waals surface area (Å²) in [4.78, 5) is 0. The van der Waals surface area contributed by atoms with Gasteiger partial charge in [-0.05, 0) is 48.9 Å². The lowest BCUT2D eigenvalue weighted by molar-refractivity contribution is 0.0834. The second-order valence-corrected chi connectivity index (χ2v) is 6.28. The molecule has 0 fully saturated rings. The third-order valence-electron chi connectivity index (χ3n) is 5.01. The molecule has 0 saturated heterocycles. The first-order valence-electron chi connectivity index (χ1n) is 7.62. The summed E-state index contributed by atoms with van der Waals surface area (Å²) in [7, 11) is 0. The lowest BCUT2D eigenvalue weighted by atomic mass is 9.73. The van der Waals surface area contributed by atoms with Crippen LogP contribution in [-0.2, 0) is 11.8 Å². The highest BCUT2D eigenvalue weighted by atomic mass is 16.3. The number of hydrogen-bond acceptors (Lipinski definition) is 2.